The van der Waals surface area contributed by atoms with Crippen molar-refractivity contribution in [3.05, 3.63) is 33.9 Å². The smallest absolute Gasteiger partial charge is 0.409 e. The standard InChI is InChI=1S/C17H22N4O7/c1-2-27-17(24)20-7-5-11(6-8-20)19-15(22)10-28-16(23)13-9-12(21(25)26)3-4-14(13)18/h3-4,9,11H,2,5-8,10,18H2,1H3,(H,19,22). The lowest BCUT2D eigenvalue weighted by molar-refractivity contribution is -0.384. The molecule has 2 rings (SSSR count). The van der Waals surface area contributed by atoms with Gasteiger partial charge in [0.2, 0.25) is 0 Å². The molecule has 1 aromatic rings. The van der Waals surface area contributed by atoms with Gasteiger partial charge >= 0.3 is 12.1 Å². The van der Waals surface area contributed by atoms with Gasteiger partial charge < -0.3 is 25.4 Å². The number of nitro benzene ring substituents is 1. The molecule has 152 valence electrons. The van der Waals surface area contributed by atoms with Crippen LogP contribution in [0.2, 0.25) is 0 Å². The number of hydrogen-bond donors (Lipinski definition) is 2. The number of carbonyl (C=O) groups is 3. The number of nitrogens with one attached hydrogen (secondary N) is 1. The zero-order valence-electron chi connectivity index (χ0n) is 15.4. The number of carbonyl (C=O) groups excluding carboxylic acids is 3. The monoisotopic (exact) mass is 394 g/mol. The van der Waals surface area contributed by atoms with Gasteiger partial charge in [0.1, 0.15) is 0 Å². The van der Waals surface area contributed by atoms with Crippen LogP contribution in [-0.4, -0.2) is 60.1 Å². The van der Waals surface area contributed by atoms with Crippen LogP contribution in [0.25, 0.3) is 0 Å². The molecule has 0 radical (unpaired) electrons. The number of likely N-dealkylation sites (tertiary alicyclic amines) is 1. The van der Waals surface area contributed by atoms with Crippen LogP contribution in [-0.2, 0) is 14.3 Å². The van der Waals surface area contributed by atoms with Gasteiger partial charge in [-0.2, -0.15) is 0 Å². The second kappa shape index (κ2) is 9.53. The third-order valence-corrected chi connectivity index (χ3v) is 4.19. The highest BCUT2D eigenvalue weighted by atomic mass is 16.6. The number of hydrogen-bond acceptors (Lipinski definition) is 8. The Labute approximate surface area is 160 Å². The first kappa shape index (κ1) is 20.9. The van der Waals surface area contributed by atoms with Crippen molar-refractivity contribution in [1.29, 1.82) is 0 Å². The minimum atomic E-state index is -0.923. The van der Waals surface area contributed by atoms with E-state index in [0.717, 1.165) is 6.07 Å². The fraction of sp³-hybridized carbons (Fsp3) is 0.471. The Bertz CT molecular complexity index is 760. The topological polar surface area (TPSA) is 154 Å². The number of ether oxygens (including phenoxy) is 2. The first-order chi connectivity index (χ1) is 13.3. The van der Waals surface area contributed by atoms with Gasteiger partial charge in [0, 0.05) is 37.0 Å². The predicted molar refractivity (Wildman–Crippen MR) is 97.6 cm³/mol. The zero-order valence-corrected chi connectivity index (χ0v) is 15.4. The van der Waals surface area contributed by atoms with Crippen LogP contribution in [0, 0.1) is 10.1 Å². The summed E-state index contributed by atoms with van der Waals surface area (Å²) in [6.07, 6.45) is 0.725. The minimum Gasteiger partial charge on any atom is -0.452 e. The number of nitro groups is 1. The third-order valence-electron chi connectivity index (χ3n) is 4.19. The lowest BCUT2D eigenvalue weighted by Crippen LogP contribution is -2.47. The molecule has 1 saturated heterocycles. The molecule has 0 spiro atoms. The summed E-state index contributed by atoms with van der Waals surface area (Å²) < 4.78 is 9.83. The third kappa shape index (κ3) is 5.56. The molecule has 0 aromatic heterocycles. The highest BCUT2D eigenvalue weighted by Crippen LogP contribution is 2.20. The maximum absolute atomic E-state index is 12.1. The van der Waals surface area contributed by atoms with E-state index >= 15 is 0 Å². The molecular weight excluding hydrogens is 372 g/mol. The highest BCUT2D eigenvalue weighted by molar-refractivity contribution is 5.97. The number of anilines is 1. The summed E-state index contributed by atoms with van der Waals surface area (Å²) in [5, 5.41) is 13.5. The molecule has 3 N–H and O–H groups in total. The van der Waals surface area contributed by atoms with E-state index < -0.39 is 23.4 Å². The van der Waals surface area contributed by atoms with Crippen LogP contribution in [0.3, 0.4) is 0 Å². The minimum absolute atomic E-state index is 0.0161. The van der Waals surface area contributed by atoms with Crippen molar-refractivity contribution in [3.63, 3.8) is 0 Å². The Morgan fingerprint density at radius 2 is 1.96 bits per heavy atom. The van der Waals surface area contributed by atoms with E-state index in [1.807, 2.05) is 0 Å². The van der Waals surface area contributed by atoms with E-state index in [0.29, 0.717) is 32.5 Å². The molecule has 0 atom stereocenters. The van der Waals surface area contributed by atoms with E-state index in [9.17, 15) is 24.5 Å². The van der Waals surface area contributed by atoms with Gasteiger partial charge in [-0.1, -0.05) is 0 Å². The van der Waals surface area contributed by atoms with Gasteiger partial charge in [0.25, 0.3) is 11.6 Å². The van der Waals surface area contributed by atoms with Crippen LogP contribution >= 0.6 is 0 Å². The number of non-ortho nitro benzene ring substituents is 1. The summed E-state index contributed by atoms with van der Waals surface area (Å²) >= 11 is 0. The molecule has 11 heteroatoms. The van der Waals surface area contributed by atoms with Gasteiger partial charge in [-0.25, -0.2) is 9.59 Å². The number of nitrogens with zero attached hydrogens (tertiary/aromatic N) is 2. The Morgan fingerprint density at radius 3 is 2.57 bits per heavy atom. The molecule has 0 unspecified atom stereocenters. The van der Waals surface area contributed by atoms with Crippen molar-refractivity contribution in [2.75, 3.05) is 32.0 Å². The Balaban J connectivity index is 1.80. The van der Waals surface area contributed by atoms with Crippen molar-refractivity contribution in [3.8, 4) is 0 Å². The molecule has 0 aliphatic carbocycles. The zero-order chi connectivity index (χ0) is 20.7. The number of nitrogen functional groups attached to an aromatic ring is 1. The van der Waals surface area contributed by atoms with Crippen LogP contribution in [0.5, 0.6) is 0 Å². The fourth-order valence-electron chi connectivity index (χ4n) is 2.73. The van der Waals surface area contributed by atoms with Gasteiger partial charge in [0.15, 0.2) is 6.61 Å². The Morgan fingerprint density at radius 1 is 1.29 bits per heavy atom. The van der Waals surface area contributed by atoms with E-state index in [2.05, 4.69) is 5.32 Å². The van der Waals surface area contributed by atoms with Gasteiger partial charge in [-0.05, 0) is 25.8 Å². The SMILES string of the molecule is CCOC(=O)N1CCC(NC(=O)COC(=O)c2cc([N+](=O)[O-])ccc2N)CC1. The van der Waals surface area contributed by atoms with E-state index in [-0.39, 0.29) is 29.1 Å². The first-order valence-corrected chi connectivity index (χ1v) is 8.74. The van der Waals surface area contributed by atoms with Crippen molar-refractivity contribution >= 4 is 29.3 Å². The molecule has 0 saturated carbocycles. The molecular formula is C17H22N4O7. The fourth-order valence-corrected chi connectivity index (χ4v) is 2.73. The largest absolute Gasteiger partial charge is 0.452 e. The Hall–Kier alpha value is -3.37. The molecule has 28 heavy (non-hydrogen) atoms. The summed E-state index contributed by atoms with van der Waals surface area (Å²) in [6.45, 7) is 2.39. The molecule has 1 aromatic carbocycles. The number of rotatable bonds is 6. The maximum Gasteiger partial charge on any atom is 0.409 e. The number of piperidine rings is 1. The Kier molecular flexibility index (Phi) is 7.13. The molecule has 2 amide bonds. The lowest BCUT2D eigenvalue weighted by atomic mass is 10.1. The summed E-state index contributed by atoms with van der Waals surface area (Å²) in [4.78, 5) is 47.4. The molecule has 1 fully saturated rings. The summed E-state index contributed by atoms with van der Waals surface area (Å²) in [7, 11) is 0. The average Bonchev–Trinajstić information content (AvgIpc) is 2.67. The van der Waals surface area contributed by atoms with Crippen LogP contribution in [0.15, 0.2) is 18.2 Å². The van der Waals surface area contributed by atoms with Crippen LogP contribution in [0.4, 0.5) is 16.2 Å². The first-order valence-electron chi connectivity index (χ1n) is 8.74. The van der Waals surface area contributed by atoms with Crippen LogP contribution in [0.1, 0.15) is 30.1 Å². The number of benzene rings is 1. The average molecular weight is 394 g/mol. The molecule has 1 aliphatic heterocycles. The van der Waals surface area contributed by atoms with E-state index in [4.69, 9.17) is 15.2 Å². The number of esters is 1. The molecule has 1 aliphatic rings. The number of nitrogens with two attached hydrogens (primary N) is 1. The number of amides is 2. The van der Waals surface area contributed by atoms with Crippen molar-refractivity contribution in [2.24, 2.45) is 0 Å². The predicted octanol–water partition coefficient (Wildman–Crippen LogP) is 1.07. The normalized spacial score (nSPS) is 14.2. The van der Waals surface area contributed by atoms with Crippen molar-refractivity contribution < 1.29 is 28.8 Å². The van der Waals surface area contributed by atoms with E-state index in [1.165, 1.54) is 12.1 Å². The molecule has 11 nitrogen and oxygen atoms in total. The van der Waals surface area contributed by atoms with Crippen LogP contribution < -0.4 is 11.1 Å². The second-order valence-corrected chi connectivity index (χ2v) is 6.13. The highest BCUT2D eigenvalue weighted by Gasteiger charge is 2.25. The molecule has 0 bridgehead atoms. The van der Waals surface area contributed by atoms with Crippen molar-refractivity contribution in [2.45, 2.75) is 25.8 Å². The van der Waals surface area contributed by atoms with Gasteiger partial charge in [-0.3, -0.25) is 14.9 Å². The quantitative estimate of drug-likeness (QED) is 0.314. The van der Waals surface area contributed by atoms with Gasteiger partial charge in [-0.15, -0.1) is 0 Å². The summed E-state index contributed by atoms with van der Waals surface area (Å²) in [6, 6.07) is 3.24. The maximum atomic E-state index is 12.1. The van der Waals surface area contributed by atoms with Gasteiger partial charge in [0.05, 0.1) is 17.1 Å². The molecule has 1 heterocycles. The summed E-state index contributed by atoms with van der Waals surface area (Å²) in [5.74, 6) is -1.43. The van der Waals surface area contributed by atoms with Crippen molar-refractivity contribution in [1.82, 2.24) is 10.2 Å². The summed E-state index contributed by atoms with van der Waals surface area (Å²) in [5.41, 5.74) is 5.17. The lowest BCUT2D eigenvalue weighted by Gasteiger charge is -2.31. The van der Waals surface area contributed by atoms with E-state index in [1.54, 1.807) is 11.8 Å². The second-order valence-electron chi connectivity index (χ2n) is 6.13.